The Labute approximate surface area is 194 Å². The minimum Gasteiger partial charge on any atom is -0.497 e. The van der Waals surface area contributed by atoms with E-state index in [0.29, 0.717) is 13.0 Å². The average Bonchev–Trinajstić information content (AvgIpc) is 3.47. The minimum absolute atomic E-state index is 0.0359. The van der Waals surface area contributed by atoms with Gasteiger partial charge in [0, 0.05) is 31.4 Å². The summed E-state index contributed by atoms with van der Waals surface area (Å²) in [6.07, 6.45) is 2.22. The summed E-state index contributed by atoms with van der Waals surface area (Å²) >= 11 is 0. The van der Waals surface area contributed by atoms with Crippen LogP contribution in [-0.2, 0) is 10.0 Å². The number of anilines is 1. The van der Waals surface area contributed by atoms with Gasteiger partial charge in [-0.05, 0) is 54.3 Å². The maximum Gasteiger partial charge on any atom is 0.278 e. The van der Waals surface area contributed by atoms with Crippen LogP contribution < -0.4 is 9.64 Å². The molecule has 4 atom stereocenters. The van der Waals surface area contributed by atoms with Crippen molar-refractivity contribution in [3.63, 3.8) is 0 Å². The van der Waals surface area contributed by atoms with Crippen molar-refractivity contribution in [2.45, 2.75) is 31.5 Å². The molecule has 0 bridgehead atoms. The quantitative estimate of drug-likeness (QED) is 0.745. The Morgan fingerprint density at radius 2 is 1.97 bits per heavy atom. The van der Waals surface area contributed by atoms with Crippen molar-refractivity contribution >= 4 is 27.1 Å². The fraction of sp³-hybridized carbons (Fsp3) is 0.417. The number of aliphatic hydroxyl groups is 1. The molecule has 1 unspecified atom stereocenters. The van der Waals surface area contributed by atoms with Crippen LogP contribution in [0.2, 0.25) is 0 Å². The Kier molecular flexibility index (Phi) is 5.50. The Hall–Kier alpha value is -2.75. The molecule has 0 amide bonds. The van der Waals surface area contributed by atoms with Crippen LogP contribution in [-0.4, -0.2) is 68.6 Å². The third-order valence-corrected chi connectivity index (χ3v) is 8.66. The SMILES string of the molecule is COc1cccc(-c2ccc3c(c2)[C@H]2[C@H](CCN2S(=O)(=O)C2=NC(C)C=N2)[C@@H](CO)N3C)c1. The Morgan fingerprint density at radius 1 is 1.18 bits per heavy atom. The molecule has 0 spiro atoms. The number of likely N-dealkylation sites (N-methyl/N-ethyl adjacent to an activating group) is 1. The summed E-state index contributed by atoms with van der Waals surface area (Å²) < 4.78 is 34.0. The molecular weight excluding hydrogens is 440 g/mol. The molecule has 2 aromatic rings. The molecule has 9 heteroatoms. The van der Waals surface area contributed by atoms with Crippen molar-refractivity contribution in [1.29, 1.82) is 0 Å². The van der Waals surface area contributed by atoms with Gasteiger partial charge in [0.25, 0.3) is 15.2 Å². The van der Waals surface area contributed by atoms with Crippen LogP contribution in [0.5, 0.6) is 5.75 Å². The van der Waals surface area contributed by atoms with Crippen molar-refractivity contribution in [3.05, 3.63) is 48.0 Å². The molecule has 33 heavy (non-hydrogen) atoms. The molecule has 0 radical (unpaired) electrons. The molecule has 1 N–H and O–H groups in total. The second-order valence-corrected chi connectivity index (χ2v) is 10.6. The second kappa shape index (κ2) is 8.23. The molecule has 0 aromatic heterocycles. The number of nitrogens with zero attached hydrogens (tertiary/aromatic N) is 4. The predicted molar refractivity (Wildman–Crippen MR) is 130 cm³/mol. The number of aliphatic hydroxyl groups excluding tert-OH is 1. The number of benzene rings is 2. The number of ether oxygens (including phenoxy) is 1. The normalized spacial score (nSPS) is 26.8. The maximum atomic E-state index is 13.5. The average molecular weight is 469 g/mol. The minimum atomic E-state index is -3.86. The molecule has 1 saturated heterocycles. The van der Waals surface area contributed by atoms with E-state index in [2.05, 4.69) is 21.0 Å². The van der Waals surface area contributed by atoms with E-state index < -0.39 is 16.1 Å². The van der Waals surface area contributed by atoms with E-state index in [1.807, 2.05) is 50.4 Å². The van der Waals surface area contributed by atoms with Crippen LogP contribution >= 0.6 is 0 Å². The summed E-state index contributed by atoms with van der Waals surface area (Å²) in [7, 11) is -0.257. The monoisotopic (exact) mass is 468 g/mol. The molecule has 174 valence electrons. The third-order valence-electron chi connectivity index (χ3n) is 6.96. The molecule has 3 aliphatic rings. The number of sulfonamides is 1. The summed E-state index contributed by atoms with van der Waals surface area (Å²) in [4.78, 5) is 10.4. The second-order valence-electron chi connectivity index (χ2n) is 8.81. The molecule has 1 fully saturated rings. The van der Waals surface area contributed by atoms with Gasteiger partial charge in [-0.2, -0.15) is 4.31 Å². The highest BCUT2D eigenvalue weighted by atomic mass is 32.2. The lowest BCUT2D eigenvalue weighted by Crippen LogP contribution is -2.48. The first-order chi connectivity index (χ1) is 15.8. The third kappa shape index (κ3) is 3.55. The zero-order chi connectivity index (χ0) is 23.3. The summed E-state index contributed by atoms with van der Waals surface area (Å²) in [5.41, 5.74) is 3.83. The van der Waals surface area contributed by atoms with E-state index in [4.69, 9.17) is 4.74 Å². The first kappa shape index (κ1) is 22.1. The molecule has 2 aromatic carbocycles. The fourth-order valence-electron chi connectivity index (χ4n) is 5.31. The van der Waals surface area contributed by atoms with Gasteiger partial charge in [-0.1, -0.05) is 18.2 Å². The Balaban J connectivity index is 1.63. The van der Waals surface area contributed by atoms with Crippen molar-refractivity contribution in [3.8, 4) is 16.9 Å². The molecule has 0 aliphatic carbocycles. The summed E-state index contributed by atoms with van der Waals surface area (Å²) in [5, 5.41) is 10.1. The molecule has 3 heterocycles. The zero-order valence-electron chi connectivity index (χ0n) is 18.9. The van der Waals surface area contributed by atoms with Crippen molar-refractivity contribution in [2.24, 2.45) is 15.9 Å². The molecular formula is C24H28N4O4S. The van der Waals surface area contributed by atoms with Crippen LogP contribution in [0.3, 0.4) is 0 Å². The molecule has 3 aliphatic heterocycles. The lowest BCUT2D eigenvalue weighted by atomic mass is 9.81. The largest absolute Gasteiger partial charge is 0.497 e. The van der Waals surface area contributed by atoms with Crippen LogP contribution in [0.4, 0.5) is 5.69 Å². The highest BCUT2D eigenvalue weighted by Crippen LogP contribution is 2.50. The number of hydrogen-bond acceptors (Lipinski definition) is 7. The number of fused-ring (bicyclic) bond motifs is 3. The van der Waals surface area contributed by atoms with E-state index in [9.17, 15) is 13.5 Å². The van der Waals surface area contributed by atoms with Gasteiger partial charge in [0.05, 0.1) is 31.8 Å². The number of aliphatic imine (C=N–C) groups is 2. The van der Waals surface area contributed by atoms with Gasteiger partial charge >= 0.3 is 0 Å². The van der Waals surface area contributed by atoms with E-state index in [1.165, 1.54) is 4.31 Å². The predicted octanol–water partition coefficient (Wildman–Crippen LogP) is 2.69. The van der Waals surface area contributed by atoms with Crippen molar-refractivity contribution in [1.82, 2.24) is 4.31 Å². The fourth-order valence-corrected chi connectivity index (χ4v) is 6.93. The summed E-state index contributed by atoms with van der Waals surface area (Å²) in [5.74, 6) is 0.725. The number of rotatable bonds is 4. The van der Waals surface area contributed by atoms with E-state index in [1.54, 1.807) is 13.3 Å². The van der Waals surface area contributed by atoms with Crippen LogP contribution in [0.15, 0.2) is 52.4 Å². The van der Waals surface area contributed by atoms with E-state index in [-0.39, 0.29) is 29.8 Å². The first-order valence-corrected chi connectivity index (χ1v) is 12.5. The Morgan fingerprint density at radius 3 is 2.67 bits per heavy atom. The van der Waals surface area contributed by atoms with Crippen molar-refractivity contribution in [2.75, 3.05) is 32.2 Å². The van der Waals surface area contributed by atoms with Crippen LogP contribution in [0, 0.1) is 5.92 Å². The van der Waals surface area contributed by atoms with Crippen LogP contribution in [0.25, 0.3) is 11.1 Å². The van der Waals surface area contributed by atoms with Gasteiger partial charge in [-0.25, -0.2) is 18.4 Å². The van der Waals surface area contributed by atoms with E-state index in [0.717, 1.165) is 28.1 Å². The smallest absolute Gasteiger partial charge is 0.278 e. The number of hydrogen-bond donors (Lipinski definition) is 1. The van der Waals surface area contributed by atoms with Crippen LogP contribution in [0.1, 0.15) is 24.9 Å². The maximum absolute atomic E-state index is 13.5. The van der Waals surface area contributed by atoms with Gasteiger partial charge in [0.2, 0.25) is 0 Å². The number of methoxy groups -OCH3 is 1. The van der Waals surface area contributed by atoms with Gasteiger partial charge in [-0.15, -0.1) is 0 Å². The molecule has 5 rings (SSSR count). The van der Waals surface area contributed by atoms with Crippen molar-refractivity contribution < 1.29 is 18.3 Å². The van der Waals surface area contributed by atoms with Gasteiger partial charge in [-0.3, -0.25) is 0 Å². The summed E-state index contributed by atoms with van der Waals surface area (Å²) in [6, 6.07) is 13.1. The van der Waals surface area contributed by atoms with E-state index >= 15 is 0 Å². The van der Waals surface area contributed by atoms with Gasteiger partial charge in [0.1, 0.15) is 5.75 Å². The zero-order valence-corrected chi connectivity index (χ0v) is 19.7. The molecule has 8 nitrogen and oxygen atoms in total. The van der Waals surface area contributed by atoms with Gasteiger partial charge in [0.15, 0.2) is 0 Å². The molecule has 0 saturated carbocycles. The lowest BCUT2D eigenvalue weighted by molar-refractivity contribution is 0.193. The van der Waals surface area contributed by atoms with Gasteiger partial charge < -0.3 is 14.7 Å². The standard InChI is InChI=1S/C24H28N4O4S/c1-15-13-25-24(26-15)33(30,31)28-10-9-19-22(14-29)27(2)21-8-7-17(12-20(21)23(19)28)16-5-4-6-18(11-16)32-3/h4-8,11-13,15,19,22-23,29H,9-10,14H2,1-3H3/t15?,19-,22-,23-/m1/s1. The summed E-state index contributed by atoms with van der Waals surface area (Å²) in [6.45, 7) is 2.14. The lowest BCUT2D eigenvalue weighted by Gasteiger charge is -2.44. The topological polar surface area (TPSA) is 94.8 Å². The highest BCUT2D eigenvalue weighted by molar-refractivity contribution is 8.04. The Bertz CT molecular complexity index is 1240. The number of amidine groups is 1. The highest BCUT2D eigenvalue weighted by Gasteiger charge is 2.51. The first-order valence-electron chi connectivity index (χ1n) is 11.1.